The Hall–Kier alpha value is -2.81. The number of nitrogens with zero attached hydrogens (tertiary/aromatic N) is 4. The smallest absolute Gasteiger partial charge is 0.245 e. The first-order valence-electron chi connectivity index (χ1n) is 7.73. The van der Waals surface area contributed by atoms with Crippen LogP contribution in [0.3, 0.4) is 0 Å². The summed E-state index contributed by atoms with van der Waals surface area (Å²) in [6, 6.07) is 7.98. The minimum Gasteiger partial charge on any atom is -0.245 e. The maximum absolute atomic E-state index is 13.2. The molecule has 10 heteroatoms. The molecule has 2 aromatic heterocycles. The molecule has 4 rings (SSSR count). The van der Waals surface area contributed by atoms with E-state index in [9.17, 15) is 22.4 Å². The van der Waals surface area contributed by atoms with Gasteiger partial charge >= 0.3 is 11.9 Å². The van der Waals surface area contributed by atoms with Crippen molar-refractivity contribution in [2.45, 2.75) is 18.8 Å². The SMILES string of the molecule is O=c1nc(N=C2C[C@H]2F)c2ccc(C(F)(F)F)nc2n1-c1ccccc1Cl. The van der Waals surface area contributed by atoms with Gasteiger partial charge in [-0.05, 0) is 24.3 Å². The summed E-state index contributed by atoms with van der Waals surface area (Å²) >= 11 is 6.10. The molecule has 0 unspecified atom stereocenters. The number of aliphatic imine (C=N–C) groups is 1. The molecule has 0 saturated heterocycles. The average molecular weight is 397 g/mol. The fourth-order valence-corrected chi connectivity index (χ4v) is 2.77. The summed E-state index contributed by atoms with van der Waals surface area (Å²) in [6.45, 7) is 0. The lowest BCUT2D eigenvalue weighted by Crippen LogP contribution is -2.23. The first-order chi connectivity index (χ1) is 12.8. The quantitative estimate of drug-likeness (QED) is 0.608. The molecule has 5 nitrogen and oxygen atoms in total. The highest BCUT2D eigenvalue weighted by Gasteiger charge is 2.34. The van der Waals surface area contributed by atoms with Crippen molar-refractivity contribution in [1.29, 1.82) is 0 Å². The largest absolute Gasteiger partial charge is 0.433 e. The number of halogens is 5. The van der Waals surface area contributed by atoms with Gasteiger partial charge in [0.1, 0.15) is 11.9 Å². The van der Waals surface area contributed by atoms with Gasteiger partial charge in [0.05, 0.1) is 21.8 Å². The van der Waals surface area contributed by atoms with E-state index in [2.05, 4.69) is 15.0 Å². The van der Waals surface area contributed by atoms with Crippen LogP contribution in [0, 0.1) is 0 Å². The van der Waals surface area contributed by atoms with Gasteiger partial charge in [-0.2, -0.15) is 18.2 Å². The van der Waals surface area contributed by atoms with Gasteiger partial charge in [-0.25, -0.2) is 23.7 Å². The zero-order valence-electron chi connectivity index (χ0n) is 13.3. The van der Waals surface area contributed by atoms with E-state index in [1.54, 1.807) is 12.1 Å². The van der Waals surface area contributed by atoms with E-state index in [0.29, 0.717) is 0 Å². The van der Waals surface area contributed by atoms with Gasteiger partial charge in [0, 0.05) is 6.42 Å². The Kier molecular flexibility index (Phi) is 3.99. The van der Waals surface area contributed by atoms with Crippen molar-refractivity contribution in [1.82, 2.24) is 14.5 Å². The lowest BCUT2D eigenvalue weighted by molar-refractivity contribution is -0.141. The van der Waals surface area contributed by atoms with Gasteiger partial charge in [-0.1, -0.05) is 23.7 Å². The van der Waals surface area contributed by atoms with Crippen molar-refractivity contribution in [3.63, 3.8) is 0 Å². The molecule has 1 atom stereocenters. The number of fused-ring (bicyclic) bond motifs is 1. The summed E-state index contributed by atoms with van der Waals surface area (Å²) in [6.07, 6.45) is -5.84. The summed E-state index contributed by atoms with van der Waals surface area (Å²) in [4.78, 5) is 23.9. The first-order valence-corrected chi connectivity index (χ1v) is 8.11. The molecule has 0 spiro atoms. The Morgan fingerprint density at radius 1 is 1.15 bits per heavy atom. The van der Waals surface area contributed by atoms with Gasteiger partial charge in [-0.15, -0.1) is 0 Å². The predicted molar refractivity (Wildman–Crippen MR) is 91.8 cm³/mol. The Morgan fingerprint density at radius 3 is 2.48 bits per heavy atom. The zero-order valence-corrected chi connectivity index (χ0v) is 14.1. The third-order valence-electron chi connectivity index (χ3n) is 3.94. The fourth-order valence-electron chi connectivity index (χ4n) is 2.55. The number of rotatable bonds is 2. The summed E-state index contributed by atoms with van der Waals surface area (Å²) in [5, 5.41) is 0.209. The second kappa shape index (κ2) is 6.12. The third kappa shape index (κ3) is 3.18. The first kappa shape index (κ1) is 17.6. The summed E-state index contributed by atoms with van der Waals surface area (Å²) in [5.74, 6) is -0.172. The van der Waals surface area contributed by atoms with E-state index >= 15 is 0 Å². The van der Waals surface area contributed by atoms with Crippen LogP contribution in [0.2, 0.25) is 5.02 Å². The number of hydrogen-bond donors (Lipinski definition) is 0. The van der Waals surface area contributed by atoms with Gasteiger partial charge in [0.2, 0.25) is 0 Å². The maximum Gasteiger partial charge on any atom is 0.433 e. The van der Waals surface area contributed by atoms with Crippen molar-refractivity contribution in [3.05, 3.63) is 57.6 Å². The summed E-state index contributed by atoms with van der Waals surface area (Å²) < 4.78 is 53.4. The second-order valence-electron chi connectivity index (χ2n) is 5.85. The van der Waals surface area contributed by atoms with Gasteiger partial charge in [-0.3, -0.25) is 0 Å². The lowest BCUT2D eigenvalue weighted by atomic mass is 10.2. The number of pyridine rings is 1. The molecule has 27 heavy (non-hydrogen) atoms. The van der Waals surface area contributed by atoms with Crippen LogP contribution in [0.4, 0.5) is 23.4 Å². The van der Waals surface area contributed by atoms with Crippen LogP contribution in [0.25, 0.3) is 16.7 Å². The van der Waals surface area contributed by atoms with Gasteiger partial charge < -0.3 is 0 Å². The predicted octanol–water partition coefficient (Wildman–Crippen LogP) is 4.27. The van der Waals surface area contributed by atoms with Crippen molar-refractivity contribution in [2.24, 2.45) is 4.99 Å². The highest BCUT2D eigenvalue weighted by Crippen LogP contribution is 2.33. The van der Waals surface area contributed by atoms with Crippen LogP contribution < -0.4 is 5.69 Å². The lowest BCUT2D eigenvalue weighted by Gasteiger charge is -2.13. The van der Waals surface area contributed by atoms with E-state index in [1.807, 2.05) is 0 Å². The van der Waals surface area contributed by atoms with E-state index in [0.717, 1.165) is 16.7 Å². The average Bonchev–Trinajstić information content (AvgIpc) is 3.30. The fraction of sp³-hybridized carbons (Fsp3) is 0.176. The van der Waals surface area contributed by atoms with Gasteiger partial charge in [0.25, 0.3) is 0 Å². The van der Waals surface area contributed by atoms with Crippen LogP contribution >= 0.6 is 11.6 Å². The minimum absolute atomic E-state index is 0.0779. The molecular weight excluding hydrogens is 388 g/mol. The molecule has 1 saturated carbocycles. The zero-order chi connectivity index (χ0) is 19.3. The Labute approximate surface area is 154 Å². The minimum atomic E-state index is -4.72. The highest BCUT2D eigenvalue weighted by atomic mass is 35.5. The topological polar surface area (TPSA) is 60.1 Å². The van der Waals surface area contributed by atoms with Crippen LogP contribution in [0.1, 0.15) is 12.1 Å². The number of alkyl halides is 4. The standard InChI is InChI=1S/C17H9ClF4N4O/c18-9-3-1-2-4-12(9)26-15-8(5-6-13(24-15)17(20,21)22)14(25-16(26)27)23-11-7-10(11)19/h1-6,10H,7H2/t10-/m1/s1. The van der Waals surface area contributed by atoms with E-state index < -0.39 is 23.7 Å². The maximum atomic E-state index is 13.2. The van der Waals surface area contributed by atoms with Crippen molar-refractivity contribution in [3.8, 4) is 5.69 Å². The van der Waals surface area contributed by atoms with Crippen LogP contribution in [0.5, 0.6) is 0 Å². The number of hydrogen-bond acceptors (Lipinski definition) is 4. The van der Waals surface area contributed by atoms with Crippen molar-refractivity contribution < 1.29 is 17.6 Å². The number of benzene rings is 1. The molecule has 0 radical (unpaired) electrons. The van der Waals surface area contributed by atoms with E-state index in [1.165, 1.54) is 12.1 Å². The van der Waals surface area contributed by atoms with E-state index in [-0.39, 0.29) is 39.7 Å². The number of aromatic nitrogens is 3. The van der Waals surface area contributed by atoms with E-state index in [4.69, 9.17) is 11.6 Å². The van der Waals surface area contributed by atoms with Crippen LogP contribution in [-0.2, 0) is 6.18 Å². The van der Waals surface area contributed by atoms with Crippen LogP contribution in [0.15, 0.2) is 46.2 Å². The second-order valence-corrected chi connectivity index (χ2v) is 6.25. The van der Waals surface area contributed by atoms with Gasteiger partial charge in [0.15, 0.2) is 11.5 Å². The molecule has 0 N–H and O–H groups in total. The normalized spacial score (nSPS) is 18.3. The molecule has 1 aliphatic carbocycles. The molecular formula is C17H9ClF4N4O. The molecule has 0 bridgehead atoms. The molecule has 1 aliphatic rings. The molecule has 1 fully saturated rings. The Morgan fingerprint density at radius 2 is 1.85 bits per heavy atom. The number of para-hydroxylation sites is 1. The van der Waals surface area contributed by atoms with Crippen molar-refractivity contribution in [2.75, 3.05) is 0 Å². The highest BCUT2D eigenvalue weighted by molar-refractivity contribution is 6.32. The summed E-state index contributed by atoms with van der Waals surface area (Å²) in [7, 11) is 0. The molecule has 2 heterocycles. The molecule has 3 aromatic rings. The third-order valence-corrected chi connectivity index (χ3v) is 4.26. The molecule has 0 amide bonds. The molecule has 0 aliphatic heterocycles. The Bertz CT molecular complexity index is 1160. The van der Waals surface area contributed by atoms with Crippen LogP contribution in [-0.4, -0.2) is 26.4 Å². The monoisotopic (exact) mass is 396 g/mol. The molecule has 138 valence electrons. The summed E-state index contributed by atoms with van der Waals surface area (Å²) in [5.41, 5.74) is -2.11. The Balaban J connectivity index is 2.08. The van der Waals surface area contributed by atoms with Crippen molar-refractivity contribution >= 4 is 34.2 Å². The molecule has 1 aromatic carbocycles.